The highest BCUT2D eigenvalue weighted by Crippen LogP contribution is 2.20. The van der Waals surface area contributed by atoms with Gasteiger partial charge in [-0.3, -0.25) is 4.79 Å². The summed E-state index contributed by atoms with van der Waals surface area (Å²) in [5.41, 5.74) is 0.115. The summed E-state index contributed by atoms with van der Waals surface area (Å²) in [5, 5.41) is 0. The van der Waals surface area contributed by atoms with Crippen LogP contribution in [-0.4, -0.2) is 55.4 Å². The van der Waals surface area contributed by atoms with E-state index in [-0.39, 0.29) is 17.8 Å². The van der Waals surface area contributed by atoms with Crippen molar-refractivity contribution in [2.24, 2.45) is 5.92 Å². The first-order valence-corrected chi connectivity index (χ1v) is 7.25. The molecule has 2 unspecified atom stereocenters. The first-order chi connectivity index (χ1) is 9.86. The minimum absolute atomic E-state index is 0.115. The van der Waals surface area contributed by atoms with Crippen molar-refractivity contribution in [1.29, 1.82) is 0 Å². The molecular formula is C16H22F2N2O. The third-order valence-electron chi connectivity index (χ3n) is 4.15. The monoisotopic (exact) mass is 296 g/mol. The molecule has 2 rings (SSSR count). The number of rotatable bonds is 5. The van der Waals surface area contributed by atoms with E-state index in [4.69, 9.17) is 0 Å². The van der Waals surface area contributed by atoms with E-state index in [1.165, 1.54) is 0 Å². The number of carbonyl (C=O) groups excluding carboxylic acids is 1. The molecule has 1 aliphatic rings. The second-order valence-corrected chi connectivity index (χ2v) is 6.10. The molecule has 1 aliphatic heterocycles. The van der Waals surface area contributed by atoms with Gasteiger partial charge in [0, 0.05) is 43.7 Å². The van der Waals surface area contributed by atoms with Crippen LogP contribution >= 0.6 is 0 Å². The molecule has 5 heteroatoms. The number of Topliss-reactive ketones (excluding diaryl/α,β-unsaturated/α-hetero) is 1. The minimum Gasteiger partial charge on any atom is -0.305 e. The number of hydrogen-bond donors (Lipinski definition) is 0. The summed E-state index contributed by atoms with van der Waals surface area (Å²) in [6.07, 6.45) is 0.287. The van der Waals surface area contributed by atoms with Gasteiger partial charge in [-0.25, -0.2) is 8.78 Å². The third-order valence-corrected chi connectivity index (χ3v) is 4.15. The Morgan fingerprint density at radius 1 is 1.24 bits per heavy atom. The van der Waals surface area contributed by atoms with Gasteiger partial charge in [0.1, 0.15) is 11.6 Å². The number of hydrogen-bond acceptors (Lipinski definition) is 3. The Hall–Kier alpha value is -1.33. The topological polar surface area (TPSA) is 23.6 Å². The average Bonchev–Trinajstić information content (AvgIpc) is 2.76. The van der Waals surface area contributed by atoms with Gasteiger partial charge >= 0.3 is 0 Å². The van der Waals surface area contributed by atoms with Crippen LogP contribution in [0.25, 0.3) is 0 Å². The van der Waals surface area contributed by atoms with Gasteiger partial charge in [-0.2, -0.15) is 0 Å². The minimum atomic E-state index is -0.708. The fourth-order valence-corrected chi connectivity index (χ4v) is 3.02. The Labute approximate surface area is 124 Å². The lowest BCUT2D eigenvalue weighted by atomic mass is 10.1. The van der Waals surface area contributed by atoms with Crippen molar-refractivity contribution < 1.29 is 13.6 Å². The van der Waals surface area contributed by atoms with Gasteiger partial charge in [0.25, 0.3) is 0 Å². The van der Waals surface area contributed by atoms with Crippen molar-refractivity contribution in [2.45, 2.75) is 19.4 Å². The molecule has 1 aromatic rings. The molecule has 1 saturated heterocycles. The molecule has 0 aliphatic carbocycles. The second-order valence-electron chi connectivity index (χ2n) is 6.10. The van der Waals surface area contributed by atoms with Crippen molar-refractivity contribution in [3.05, 3.63) is 35.4 Å². The number of likely N-dealkylation sites (N-methyl/N-ethyl adjacent to an activating group) is 1. The number of likely N-dealkylation sites (tertiary alicyclic amines) is 1. The zero-order valence-corrected chi connectivity index (χ0v) is 12.8. The van der Waals surface area contributed by atoms with Crippen LogP contribution in [0.2, 0.25) is 0 Å². The first kappa shape index (κ1) is 16.0. The van der Waals surface area contributed by atoms with Gasteiger partial charge in [-0.1, -0.05) is 6.92 Å². The van der Waals surface area contributed by atoms with Crippen LogP contribution in [0.3, 0.4) is 0 Å². The van der Waals surface area contributed by atoms with Crippen LogP contribution in [-0.2, 0) is 0 Å². The molecule has 1 aromatic carbocycles. The average molecular weight is 296 g/mol. The molecule has 21 heavy (non-hydrogen) atoms. The van der Waals surface area contributed by atoms with E-state index < -0.39 is 11.6 Å². The summed E-state index contributed by atoms with van der Waals surface area (Å²) in [6.45, 7) is 4.71. The standard InChI is InChI=1S/C16H22F2N2O/c1-11-9-20(10-15(11)19(2)3)5-4-16(21)12-6-13(17)8-14(18)7-12/h6-8,11,15H,4-5,9-10H2,1-3H3. The molecule has 1 heterocycles. The molecule has 2 atom stereocenters. The van der Waals surface area contributed by atoms with E-state index in [0.717, 1.165) is 31.3 Å². The highest BCUT2D eigenvalue weighted by Gasteiger charge is 2.30. The zero-order valence-electron chi connectivity index (χ0n) is 12.8. The van der Waals surface area contributed by atoms with Crippen molar-refractivity contribution in [3.8, 4) is 0 Å². The molecule has 3 nitrogen and oxygen atoms in total. The van der Waals surface area contributed by atoms with E-state index in [2.05, 4.69) is 30.8 Å². The maximum absolute atomic E-state index is 13.1. The highest BCUT2D eigenvalue weighted by atomic mass is 19.1. The molecule has 0 amide bonds. The fourth-order valence-electron chi connectivity index (χ4n) is 3.02. The van der Waals surface area contributed by atoms with Crippen LogP contribution in [0, 0.1) is 17.6 Å². The number of halogens is 2. The van der Waals surface area contributed by atoms with Crippen molar-refractivity contribution in [1.82, 2.24) is 9.80 Å². The Kier molecular flexibility index (Phi) is 5.06. The molecule has 0 spiro atoms. The van der Waals surface area contributed by atoms with Crippen LogP contribution in [0.4, 0.5) is 8.78 Å². The lowest BCUT2D eigenvalue weighted by Crippen LogP contribution is -2.34. The Morgan fingerprint density at radius 2 is 1.86 bits per heavy atom. The zero-order chi connectivity index (χ0) is 15.6. The van der Waals surface area contributed by atoms with Crippen molar-refractivity contribution in [3.63, 3.8) is 0 Å². The maximum Gasteiger partial charge on any atom is 0.164 e. The summed E-state index contributed by atoms with van der Waals surface area (Å²) in [4.78, 5) is 16.5. The molecule has 0 aromatic heterocycles. The predicted molar refractivity (Wildman–Crippen MR) is 78.4 cm³/mol. The van der Waals surface area contributed by atoms with Crippen molar-refractivity contribution in [2.75, 3.05) is 33.7 Å². The molecule has 0 bridgehead atoms. The maximum atomic E-state index is 13.1. The van der Waals surface area contributed by atoms with Gasteiger partial charge < -0.3 is 9.80 Å². The lowest BCUT2D eigenvalue weighted by molar-refractivity contribution is 0.0966. The smallest absolute Gasteiger partial charge is 0.164 e. The summed E-state index contributed by atoms with van der Waals surface area (Å²) >= 11 is 0. The largest absolute Gasteiger partial charge is 0.305 e. The fraction of sp³-hybridized carbons (Fsp3) is 0.562. The van der Waals surface area contributed by atoms with Crippen molar-refractivity contribution >= 4 is 5.78 Å². The molecular weight excluding hydrogens is 274 g/mol. The number of ketones is 1. The van der Waals surface area contributed by atoms with Gasteiger partial charge in [-0.15, -0.1) is 0 Å². The summed E-state index contributed by atoms with van der Waals surface area (Å²) in [7, 11) is 4.12. The van der Waals surface area contributed by atoms with Gasteiger partial charge in [0.2, 0.25) is 0 Å². The Morgan fingerprint density at radius 3 is 2.38 bits per heavy atom. The predicted octanol–water partition coefficient (Wildman–Crippen LogP) is 2.42. The quantitative estimate of drug-likeness (QED) is 0.780. The highest BCUT2D eigenvalue weighted by molar-refractivity contribution is 5.96. The Bertz CT molecular complexity index is 499. The molecule has 116 valence electrons. The molecule has 1 fully saturated rings. The van der Waals surface area contributed by atoms with Gasteiger partial charge in [-0.05, 0) is 32.1 Å². The lowest BCUT2D eigenvalue weighted by Gasteiger charge is -2.22. The van der Waals surface area contributed by atoms with Crippen LogP contribution in [0.5, 0.6) is 0 Å². The van der Waals surface area contributed by atoms with Crippen LogP contribution in [0.15, 0.2) is 18.2 Å². The van der Waals surface area contributed by atoms with Crippen LogP contribution in [0.1, 0.15) is 23.7 Å². The summed E-state index contributed by atoms with van der Waals surface area (Å²) < 4.78 is 26.2. The molecule has 0 radical (unpaired) electrons. The van der Waals surface area contributed by atoms with E-state index in [9.17, 15) is 13.6 Å². The van der Waals surface area contributed by atoms with E-state index in [1.807, 2.05) is 0 Å². The second kappa shape index (κ2) is 6.62. The number of carbonyl (C=O) groups is 1. The number of benzene rings is 1. The Balaban J connectivity index is 1.90. The normalized spacial score (nSPS) is 23.0. The van der Waals surface area contributed by atoms with E-state index in [1.54, 1.807) is 0 Å². The molecule has 0 saturated carbocycles. The number of nitrogens with zero attached hydrogens (tertiary/aromatic N) is 2. The van der Waals surface area contributed by atoms with Gasteiger partial charge in [0.15, 0.2) is 5.78 Å². The van der Waals surface area contributed by atoms with Crippen LogP contribution < -0.4 is 0 Å². The summed E-state index contributed by atoms with van der Waals surface area (Å²) in [5.74, 6) is -1.07. The van der Waals surface area contributed by atoms with E-state index >= 15 is 0 Å². The molecule has 0 N–H and O–H groups in total. The van der Waals surface area contributed by atoms with E-state index in [0.29, 0.717) is 18.5 Å². The SMILES string of the molecule is CC1CN(CCC(=O)c2cc(F)cc(F)c2)CC1N(C)C. The third kappa shape index (κ3) is 4.08. The van der Waals surface area contributed by atoms with Gasteiger partial charge in [0.05, 0.1) is 0 Å². The first-order valence-electron chi connectivity index (χ1n) is 7.25. The summed E-state index contributed by atoms with van der Waals surface area (Å²) in [6, 6.07) is 3.47.